The number of nitrogens with zero attached hydrogens (tertiary/aromatic N) is 1. The van der Waals surface area contributed by atoms with Crippen molar-refractivity contribution < 1.29 is 132 Å². The summed E-state index contributed by atoms with van der Waals surface area (Å²) in [6.07, 6.45) is 0. The van der Waals surface area contributed by atoms with E-state index in [1.165, 1.54) is 24.3 Å². The number of anilines is 1. The molecule has 0 aromatic heterocycles. The largest absolute Gasteiger partial charge is 1.00 e. The summed E-state index contributed by atoms with van der Waals surface area (Å²) in [6, 6.07) is 9.36. The second-order valence-electron chi connectivity index (χ2n) is 4.77. The van der Waals surface area contributed by atoms with Gasteiger partial charge < -0.3 is 19.8 Å². The second-order valence-corrected chi connectivity index (χ2v) is 4.77. The van der Waals surface area contributed by atoms with E-state index in [-0.39, 0.29) is 120 Å². The molecule has 9 heteroatoms. The first-order valence-corrected chi connectivity index (χ1v) is 6.47. The summed E-state index contributed by atoms with van der Waals surface area (Å²) in [5.74, 6) is -5.04. The Morgan fingerprint density at radius 3 is 1.72 bits per heavy atom. The van der Waals surface area contributed by atoms with E-state index in [4.69, 9.17) is 0 Å². The molecule has 0 spiro atoms. The van der Waals surface area contributed by atoms with Crippen LogP contribution in [0.3, 0.4) is 0 Å². The molecule has 0 aliphatic carbocycles. The van der Waals surface area contributed by atoms with Crippen molar-refractivity contribution in [2.24, 2.45) is 0 Å². The zero-order valence-corrected chi connectivity index (χ0v) is 19.7. The van der Waals surface area contributed by atoms with Crippen LogP contribution < -0.4 is 118 Å². The summed E-state index contributed by atoms with van der Waals surface area (Å²) in [4.78, 5) is 47.8. The number of fused-ring (bicyclic) bond motifs is 1. The van der Waals surface area contributed by atoms with Gasteiger partial charge in [0.25, 0.3) is 11.8 Å². The van der Waals surface area contributed by atoms with E-state index in [2.05, 4.69) is 0 Å². The molecule has 114 valence electrons. The number of rotatable bonds is 3. The van der Waals surface area contributed by atoms with E-state index >= 15 is 0 Å². The zero-order chi connectivity index (χ0) is 16.7. The molecule has 0 fully saturated rings. The van der Waals surface area contributed by atoms with Crippen LogP contribution in [0.1, 0.15) is 41.4 Å². The summed E-state index contributed by atoms with van der Waals surface area (Å²) in [5.41, 5.74) is -1.58. The molecule has 0 N–H and O–H groups in total. The number of carbonyl (C=O) groups is 4. The predicted molar refractivity (Wildman–Crippen MR) is 72.7 cm³/mol. The van der Waals surface area contributed by atoms with Gasteiger partial charge in [-0.2, -0.15) is 0 Å². The van der Waals surface area contributed by atoms with Gasteiger partial charge in [-0.1, -0.05) is 24.3 Å². The van der Waals surface area contributed by atoms with Crippen LogP contribution in [0.25, 0.3) is 0 Å². The van der Waals surface area contributed by atoms with E-state index in [0.29, 0.717) is 4.90 Å². The molecule has 2 amide bonds. The molecule has 0 saturated heterocycles. The molecule has 0 unspecified atom stereocenters. The van der Waals surface area contributed by atoms with Crippen molar-refractivity contribution in [2.75, 3.05) is 4.90 Å². The molecule has 3 rings (SSSR count). The number of hydrogen-bond donors (Lipinski definition) is 0. The normalized spacial score (nSPS) is 12.1. The molecule has 1 aliphatic rings. The number of hydrogen-bond acceptors (Lipinski definition) is 6. The first kappa shape index (κ1) is 22.8. The van der Waals surface area contributed by atoms with E-state index in [9.17, 15) is 29.4 Å². The minimum Gasteiger partial charge on any atom is -0.545 e. The summed E-state index contributed by atoms with van der Waals surface area (Å²) >= 11 is 0. The van der Waals surface area contributed by atoms with Gasteiger partial charge in [0.05, 0.1) is 28.8 Å². The van der Waals surface area contributed by atoms with Crippen molar-refractivity contribution in [1.29, 1.82) is 0 Å². The third-order valence-electron chi connectivity index (χ3n) is 3.50. The maximum absolute atomic E-state index is 12.4. The summed E-state index contributed by atoms with van der Waals surface area (Å²) in [6.45, 7) is 0. The van der Waals surface area contributed by atoms with Gasteiger partial charge in [0.2, 0.25) is 0 Å². The monoisotopic (exact) mass is 387 g/mol. The second kappa shape index (κ2) is 9.13. The van der Waals surface area contributed by atoms with Gasteiger partial charge in [-0.3, -0.25) is 9.59 Å². The molecule has 1 aliphatic heterocycles. The molecule has 0 atom stereocenters. The number of carboxylic acid groups (broad SMARTS) is 2. The van der Waals surface area contributed by atoms with Gasteiger partial charge in [-0.25, -0.2) is 4.90 Å². The Bertz CT molecular complexity index is 861. The molecule has 1 heterocycles. The molecule has 2 aromatic rings. The maximum atomic E-state index is 12.4. The van der Waals surface area contributed by atoms with E-state index in [1.807, 2.05) is 0 Å². The molecular weight excluding hydrogens is 380 g/mol. The first-order valence-electron chi connectivity index (χ1n) is 6.47. The summed E-state index contributed by atoms with van der Waals surface area (Å²) < 4.78 is 0. The third kappa shape index (κ3) is 4.05. The van der Waals surface area contributed by atoms with E-state index < -0.39 is 34.9 Å². The van der Waals surface area contributed by atoms with Gasteiger partial charge in [0.1, 0.15) is 0 Å². The van der Waals surface area contributed by atoms with Crippen molar-refractivity contribution in [1.82, 2.24) is 0 Å². The fourth-order valence-corrected chi connectivity index (χ4v) is 2.52. The van der Waals surface area contributed by atoms with Crippen LogP contribution in [0, 0.1) is 0 Å². The van der Waals surface area contributed by atoms with Gasteiger partial charge >= 0.3 is 103 Å². The van der Waals surface area contributed by atoms with Gasteiger partial charge in [-0.05, 0) is 18.2 Å². The molecule has 2 aromatic carbocycles. The molecule has 7 nitrogen and oxygen atoms in total. The average Bonchev–Trinajstić information content (AvgIpc) is 2.78. The Morgan fingerprint density at radius 2 is 1.28 bits per heavy atom. The number of benzene rings is 2. The third-order valence-corrected chi connectivity index (χ3v) is 3.50. The summed E-state index contributed by atoms with van der Waals surface area (Å²) in [5, 5.41) is 22.4. The molecule has 25 heavy (non-hydrogen) atoms. The van der Waals surface area contributed by atoms with Crippen molar-refractivity contribution in [2.45, 2.75) is 0 Å². The Morgan fingerprint density at radius 1 is 0.760 bits per heavy atom. The van der Waals surface area contributed by atoms with Crippen molar-refractivity contribution in [3.63, 3.8) is 0 Å². The van der Waals surface area contributed by atoms with Gasteiger partial charge in [0, 0.05) is 11.1 Å². The van der Waals surface area contributed by atoms with E-state index in [1.54, 1.807) is 12.1 Å². The summed E-state index contributed by atoms with van der Waals surface area (Å²) in [7, 11) is 0. The number of carbonyl (C=O) groups excluding carboxylic acids is 4. The maximum Gasteiger partial charge on any atom is 1.00 e. The van der Waals surface area contributed by atoms with Crippen molar-refractivity contribution in [3.8, 4) is 0 Å². The van der Waals surface area contributed by atoms with Crippen molar-refractivity contribution >= 4 is 29.4 Å². The topological polar surface area (TPSA) is 118 Å². The molecule has 0 radical (unpaired) electrons. The minimum atomic E-state index is -1.82. The van der Waals surface area contributed by atoms with Crippen LogP contribution in [0.5, 0.6) is 0 Å². The van der Waals surface area contributed by atoms with Crippen LogP contribution in [0.2, 0.25) is 0 Å². The predicted octanol–water partition coefficient (Wildman–Crippen LogP) is -6.78. The minimum absolute atomic E-state index is 0. The Hall–Kier alpha value is -0.207. The Kier molecular flexibility index (Phi) is 8.34. The first-order chi connectivity index (χ1) is 10.9. The zero-order valence-electron chi connectivity index (χ0n) is 13.4. The Labute approximate surface area is 227 Å². The van der Waals surface area contributed by atoms with E-state index in [0.717, 1.165) is 6.07 Å². The van der Waals surface area contributed by atoms with Crippen LogP contribution in [0.15, 0.2) is 42.5 Å². The van der Waals surface area contributed by atoms with Crippen LogP contribution in [0.4, 0.5) is 5.69 Å². The number of amides is 2. The fraction of sp³-hybridized carbons (Fsp3) is 0. The smallest absolute Gasteiger partial charge is 0.545 e. The SMILES string of the molecule is O=C([O-])c1cccc(N2C(=O)c3ccccc3C2=O)c1C(=O)[O-].[K+].[K+]. The Balaban J connectivity index is 0.00000156. The fourth-order valence-electron chi connectivity index (χ4n) is 2.52. The van der Waals surface area contributed by atoms with Crippen molar-refractivity contribution in [3.05, 3.63) is 64.7 Å². The van der Waals surface area contributed by atoms with Gasteiger partial charge in [0.15, 0.2) is 0 Å². The van der Waals surface area contributed by atoms with Gasteiger partial charge in [-0.15, -0.1) is 0 Å². The molecule has 0 saturated carbocycles. The number of imide groups is 1. The quantitative estimate of drug-likeness (QED) is 0.382. The van der Waals surface area contributed by atoms with Crippen LogP contribution in [-0.2, 0) is 0 Å². The number of carboxylic acids is 2. The molecular formula is C16H7K2NO6. The standard InChI is InChI=1S/C16H9NO6.2K/c18-13-8-4-1-2-5-9(8)14(19)17(13)11-7-3-6-10(15(20)21)12(11)16(22)23;;/h1-7H,(H,20,21)(H,22,23);;/q;2*+1/p-2. The number of aromatic carboxylic acids is 2. The average molecular weight is 387 g/mol. The molecule has 0 bridgehead atoms. The van der Waals surface area contributed by atoms with Crippen LogP contribution in [-0.4, -0.2) is 23.8 Å². The van der Waals surface area contributed by atoms with Crippen LogP contribution >= 0.6 is 0 Å².